The first-order chi connectivity index (χ1) is 9.03. The number of anilines is 1. The van der Waals surface area contributed by atoms with Crippen molar-refractivity contribution in [3.05, 3.63) is 42.5 Å². The van der Waals surface area contributed by atoms with E-state index in [1.807, 2.05) is 51.1 Å². The fourth-order valence-corrected chi connectivity index (χ4v) is 1.99. The summed E-state index contributed by atoms with van der Waals surface area (Å²) < 4.78 is 5.06. The molecule has 0 amide bonds. The Morgan fingerprint density at radius 2 is 1.84 bits per heavy atom. The summed E-state index contributed by atoms with van der Waals surface area (Å²) in [6.07, 6.45) is 0. The molecule has 0 aliphatic heterocycles. The molecule has 2 aromatic rings. The number of esters is 1. The lowest BCUT2D eigenvalue weighted by molar-refractivity contribution is -0.147. The van der Waals surface area contributed by atoms with Crippen molar-refractivity contribution >= 4 is 22.4 Å². The highest BCUT2D eigenvalue weighted by molar-refractivity contribution is 5.88. The summed E-state index contributed by atoms with van der Waals surface area (Å²) in [5.41, 5.74) is 0.176. The number of hydrogen-bond acceptors (Lipinski definition) is 3. The Balaban J connectivity index is 2.23. The van der Waals surface area contributed by atoms with Crippen LogP contribution in [-0.2, 0) is 9.53 Å². The average molecular weight is 257 g/mol. The Labute approximate surface area is 113 Å². The highest BCUT2D eigenvalue weighted by Gasteiger charge is 2.28. The van der Waals surface area contributed by atoms with Crippen LogP contribution in [0.5, 0.6) is 0 Å². The van der Waals surface area contributed by atoms with E-state index in [1.165, 1.54) is 5.39 Å². The number of rotatable bonds is 4. The SMILES string of the molecule is CCOC(=O)C(C)(C)Nc1ccc2ccccc2c1. The first-order valence-electron chi connectivity index (χ1n) is 6.47. The van der Waals surface area contributed by atoms with E-state index in [2.05, 4.69) is 17.4 Å². The summed E-state index contributed by atoms with van der Waals surface area (Å²) >= 11 is 0. The van der Waals surface area contributed by atoms with E-state index >= 15 is 0 Å². The van der Waals surface area contributed by atoms with E-state index < -0.39 is 5.54 Å². The smallest absolute Gasteiger partial charge is 0.331 e. The van der Waals surface area contributed by atoms with Gasteiger partial charge < -0.3 is 10.1 Å². The molecule has 0 aliphatic carbocycles. The van der Waals surface area contributed by atoms with E-state index in [0.717, 1.165) is 11.1 Å². The normalized spacial score (nSPS) is 11.3. The van der Waals surface area contributed by atoms with Gasteiger partial charge in [-0.1, -0.05) is 30.3 Å². The van der Waals surface area contributed by atoms with E-state index in [4.69, 9.17) is 4.74 Å². The molecule has 19 heavy (non-hydrogen) atoms. The molecular formula is C16H19NO2. The number of nitrogens with one attached hydrogen (secondary N) is 1. The topological polar surface area (TPSA) is 38.3 Å². The van der Waals surface area contributed by atoms with E-state index in [0.29, 0.717) is 6.61 Å². The molecule has 0 aliphatic rings. The maximum absolute atomic E-state index is 11.8. The quantitative estimate of drug-likeness (QED) is 0.851. The van der Waals surface area contributed by atoms with Gasteiger partial charge in [-0.25, -0.2) is 4.79 Å². The zero-order chi connectivity index (χ0) is 13.9. The fraction of sp³-hybridized carbons (Fsp3) is 0.312. The molecule has 0 saturated carbocycles. The van der Waals surface area contributed by atoms with Gasteiger partial charge in [-0.2, -0.15) is 0 Å². The first-order valence-corrected chi connectivity index (χ1v) is 6.47. The fourth-order valence-electron chi connectivity index (χ4n) is 1.99. The van der Waals surface area contributed by atoms with Crippen LogP contribution in [0.25, 0.3) is 10.8 Å². The Hall–Kier alpha value is -2.03. The van der Waals surface area contributed by atoms with Crippen LogP contribution < -0.4 is 5.32 Å². The van der Waals surface area contributed by atoms with Gasteiger partial charge in [0.05, 0.1) is 6.61 Å². The van der Waals surface area contributed by atoms with Crippen molar-refractivity contribution in [1.29, 1.82) is 0 Å². The summed E-state index contributed by atoms with van der Waals surface area (Å²) in [5, 5.41) is 5.55. The predicted octanol–water partition coefficient (Wildman–Crippen LogP) is 3.59. The molecular weight excluding hydrogens is 238 g/mol. The zero-order valence-electron chi connectivity index (χ0n) is 11.6. The van der Waals surface area contributed by atoms with Crippen LogP contribution in [-0.4, -0.2) is 18.1 Å². The number of hydrogen-bond donors (Lipinski definition) is 1. The highest BCUT2D eigenvalue weighted by atomic mass is 16.5. The standard InChI is InChI=1S/C16H19NO2/c1-4-19-15(18)16(2,3)17-14-10-9-12-7-5-6-8-13(12)11-14/h5-11,17H,4H2,1-3H3. The van der Waals surface area contributed by atoms with Crippen LogP contribution in [0.15, 0.2) is 42.5 Å². The van der Waals surface area contributed by atoms with Gasteiger partial charge in [-0.15, -0.1) is 0 Å². The molecule has 0 bridgehead atoms. The van der Waals surface area contributed by atoms with Gasteiger partial charge in [0.2, 0.25) is 0 Å². The second kappa shape index (κ2) is 5.31. The molecule has 2 rings (SSSR count). The number of fused-ring (bicyclic) bond motifs is 1. The number of ether oxygens (including phenoxy) is 1. The Bertz CT molecular complexity index is 590. The van der Waals surface area contributed by atoms with Crippen molar-refractivity contribution in [3.8, 4) is 0 Å². The number of benzene rings is 2. The van der Waals surface area contributed by atoms with Crippen LogP contribution in [0, 0.1) is 0 Å². The van der Waals surface area contributed by atoms with Crippen molar-refractivity contribution < 1.29 is 9.53 Å². The van der Waals surface area contributed by atoms with Crippen molar-refractivity contribution in [2.75, 3.05) is 11.9 Å². The summed E-state index contributed by atoms with van der Waals surface area (Å²) in [7, 11) is 0. The van der Waals surface area contributed by atoms with Gasteiger partial charge in [0.25, 0.3) is 0 Å². The Morgan fingerprint density at radius 1 is 1.16 bits per heavy atom. The van der Waals surface area contributed by atoms with Gasteiger partial charge in [0, 0.05) is 5.69 Å². The van der Waals surface area contributed by atoms with Gasteiger partial charge in [0.15, 0.2) is 0 Å². The molecule has 0 fully saturated rings. The Morgan fingerprint density at radius 3 is 2.53 bits per heavy atom. The van der Waals surface area contributed by atoms with Crippen LogP contribution in [0.3, 0.4) is 0 Å². The molecule has 100 valence electrons. The third-order valence-corrected chi connectivity index (χ3v) is 2.99. The second-order valence-corrected chi connectivity index (χ2v) is 5.03. The van der Waals surface area contributed by atoms with E-state index in [9.17, 15) is 4.79 Å². The first kappa shape index (κ1) is 13.4. The molecule has 3 nitrogen and oxygen atoms in total. The molecule has 1 N–H and O–H groups in total. The lowest BCUT2D eigenvalue weighted by atomic mass is 10.0. The van der Waals surface area contributed by atoms with Gasteiger partial charge in [-0.3, -0.25) is 0 Å². The monoisotopic (exact) mass is 257 g/mol. The van der Waals surface area contributed by atoms with Gasteiger partial charge in [-0.05, 0) is 43.7 Å². The Kier molecular flexibility index (Phi) is 3.74. The van der Waals surface area contributed by atoms with E-state index in [1.54, 1.807) is 0 Å². The summed E-state index contributed by atoms with van der Waals surface area (Å²) in [5.74, 6) is -0.247. The average Bonchev–Trinajstić information content (AvgIpc) is 2.38. The molecule has 3 heteroatoms. The molecule has 0 unspecified atom stereocenters. The largest absolute Gasteiger partial charge is 0.464 e. The van der Waals surface area contributed by atoms with Crippen molar-refractivity contribution in [3.63, 3.8) is 0 Å². The van der Waals surface area contributed by atoms with Crippen molar-refractivity contribution in [2.45, 2.75) is 26.3 Å². The highest BCUT2D eigenvalue weighted by Crippen LogP contribution is 2.22. The predicted molar refractivity (Wildman–Crippen MR) is 78.3 cm³/mol. The third-order valence-electron chi connectivity index (χ3n) is 2.99. The van der Waals surface area contributed by atoms with E-state index in [-0.39, 0.29) is 5.97 Å². The summed E-state index contributed by atoms with van der Waals surface area (Å²) in [6, 6.07) is 14.2. The second-order valence-electron chi connectivity index (χ2n) is 5.03. The molecule has 0 aromatic heterocycles. The molecule has 0 atom stereocenters. The maximum Gasteiger partial charge on any atom is 0.331 e. The van der Waals surface area contributed by atoms with Crippen LogP contribution in [0.1, 0.15) is 20.8 Å². The number of carbonyl (C=O) groups excluding carboxylic acids is 1. The zero-order valence-corrected chi connectivity index (χ0v) is 11.6. The van der Waals surface area contributed by atoms with Crippen LogP contribution in [0.2, 0.25) is 0 Å². The molecule has 0 heterocycles. The molecule has 2 aromatic carbocycles. The summed E-state index contributed by atoms with van der Waals surface area (Å²) in [4.78, 5) is 11.8. The minimum absolute atomic E-state index is 0.247. The van der Waals surface area contributed by atoms with Crippen molar-refractivity contribution in [1.82, 2.24) is 0 Å². The van der Waals surface area contributed by atoms with Crippen LogP contribution >= 0.6 is 0 Å². The van der Waals surface area contributed by atoms with Gasteiger partial charge in [0.1, 0.15) is 5.54 Å². The lowest BCUT2D eigenvalue weighted by Gasteiger charge is -2.25. The molecule has 0 saturated heterocycles. The number of carbonyl (C=O) groups is 1. The molecule has 0 radical (unpaired) electrons. The third kappa shape index (κ3) is 3.05. The molecule has 0 spiro atoms. The van der Waals surface area contributed by atoms with Crippen LogP contribution in [0.4, 0.5) is 5.69 Å². The lowest BCUT2D eigenvalue weighted by Crippen LogP contribution is -2.41. The van der Waals surface area contributed by atoms with Gasteiger partial charge >= 0.3 is 5.97 Å². The van der Waals surface area contributed by atoms with Crippen molar-refractivity contribution in [2.24, 2.45) is 0 Å². The maximum atomic E-state index is 11.8. The minimum Gasteiger partial charge on any atom is -0.464 e. The summed E-state index contributed by atoms with van der Waals surface area (Å²) in [6.45, 7) is 5.84. The minimum atomic E-state index is -0.738.